The Kier molecular flexibility index (Phi) is 9.15. The number of hydrogen-bond donors (Lipinski definition) is 0. The number of halogens is 1. The Morgan fingerprint density at radius 2 is 1.77 bits per heavy atom. The Bertz CT molecular complexity index is 729. The van der Waals surface area contributed by atoms with Gasteiger partial charge in [-0.1, -0.05) is 49.8 Å². The predicted octanol–water partition coefficient (Wildman–Crippen LogP) is 7.42. The topological polar surface area (TPSA) is 33.0 Å². The van der Waals surface area contributed by atoms with E-state index in [1.54, 1.807) is 6.08 Å². The van der Waals surface area contributed by atoms with E-state index in [-0.39, 0.29) is 0 Å². The van der Waals surface area contributed by atoms with E-state index in [2.05, 4.69) is 31.2 Å². The molecule has 0 N–H and O–H groups in total. The van der Waals surface area contributed by atoms with Crippen molar-refractivity contribution in [1.82, 2.24) is 0 Å². The summed E-state index contributed by atoms with van der Waals surface area (Å²) in [5.74, 6) is 1.18. The largest absolute Gasteiger partial charge is 0.378 e. The van der Waals surface area contributed by atoms with E-state index in [4.69, 9.17) is 10.00 Å². The zero-order chi connectivity index (χ0) is 21.2. The molecule has 0 aromatic heterocycles. The first kappa shape index (κ1) is 22.8. The van der Waals surface area contributed by atoms with Crippen LogP contribution in [0.25, 0.3) is 0 Å². The first-order valence-electron chi connectivity index (χ1n) is 11.8. The van der Waals surface area contributed by atoms with Crippen molar-refractivity contribution in [2.75, 3.05) is 6.61 Å². The summed E-state index contributed by atoms with van der Waals surface area (Å²) in [5.41, 5.74) is 2.98. The lowest BCUT2D eigenvalue weighted by Crippen LogP contribution is -2.25. The summed E-state index contributed by atoms with van der Waals surface area (Å²) >= 11 is 0. The average molecular weight is 410 g/mol. The summed E-state index contributed by atoms with van der Waals surface area (Å²) in [4.78, 5) is 0. The highest BCUT2D eigenvalue weighted by Crippen LogP contribution is 2.36. The Morgan fingerprint density at radius 1 is 1.07 bits per heavy atom. The molecular weight excluding hydrogens is 373 g/mol. The molecule has 0 atom stereocenters. The van der Waals surface area contributed by atoms with Gasteiger partial charge >= 0.3 is 0 Å². The van der Waals surface area contributed by atoms with Gasteiger partial charge in [-0.15, -0.1) is 0 Å². The van der Waals surface area contributed by atoms with Crippen molar-refractivity contribution in [2.24, 2.45) is 11.8 Å². The van der Waals surface area contributed by atoms with Crippen LogP contribution in [0.4, 0.5) is 4.39 Å². The van der Waals surface area contributed by atoms with E-state index in [1.807, 2.05) is 6.08 Å². The molecule has 0 spiro atoms. The number of ether oxygens (including phenoxy) is 1. The molecule has 3 heteroatoms. The van der Waals surface area contributed by atoms with Crippen LogP contribution in [0.2, 0.25) is 0 Å². The SMILES string of the molecule is CCCc1ccc([C@H]2CC[C@H](CO[C@H]3CC[C@H](C=CC=C(F)C#N)CC3)CC2)cc1. The van der Waals surface area contributed by atoms with Crippen molar-refractivity contribution in [3.8, 4) is 6.07 Å². The van der Waals surface area contributed by atoms with Crippen molar-refractivity contribution >= 4 is 0 Å². The molecule has 0 unspecified atom stereocenters. The van der Waals surface area contributed by atoms with E-state index in [1.165, 1.54) is 61.8 Å². The molecule has 3 rings (SSSR count). The van der Waals surface area contributed by atoms with Crippen LogP contribution in [0, 0.1) is 23.2 Å². The number of hydrogen-bond acceptors (Lipinski definition) is 2. The molecular formula is C27H36FNO. The summed E-state index contributed by atoms with van der Waals surface area (Å²) in [6.07, 6.45) is 17.2. The maximum atomic E-state index is 12.8. The molecule has 0 radical (unpaired) electrons. The van der Waals surface area contributed by atoms with Gasteiger partial charge in [0.2, 0.25) is 0 Å². The molecule has 2 aliphatic carbocycles. The minimum atomic E-state index is -0.730. The summed E-state index contributed by atoms with van der Waals surface area (Å²) in [6, 6.07) is 10.8. The zero-order valence-electron chi connectivity index (χ0n) is 18.4. The average Bonchev–Trinajstić information content (AvgIpc) is 2.79. The normalized spacial score (nSPS) is 27.8. The number of nitrogens with zero attached hydrogens (tertiary/aromatic N) is 1. The molecule has 2 nitrogen and oxygen atoms in total. The molecule has 2 fully saturated rings. The van der Waals surface area contributed by atoms with Gasteiger partial charge in [-0.25, -0.2) is 0 Å². The highest BCUT2D eigenvalue weighted by Gasteiger charge is 2.25. The molecule has 0 heterocycles. The molecule has 2 saturated carbocycles. The van der Waals surface area contributed by atoms with Crippen LogP contribution >= 0.6 is 0 Å². The Balaban J connectivity index is 1.33. The first-order chi connectivity index (χ1) is 14.7. The van der Waals surface area contributed by atoms with Crippen molar-refractivity contribution < 1.29 is 9.13 Å². The number of benzene rings is 1. The second-order valence-electron chi connectivity index (χ2n) is 9.09. The van der Waals surface area contributed by atoms with Crippen LogP contribution in [0.5, 0.6) is 0 Å². The predicted molar refractivity (Wildman–Crippen MR) is 121 cm³/mol. The van der Waals surface area contributed by atoms with Crippen LogP contribution in [-0.2, 0) is 11.2 Å². The summed E-state index contributed by atoms with van der Waals surface area (Å²) in [5, 5.41) is 8.43. The lowest BCUT2D eigenvalue weighted by atomic mass is 9.79. The van der Waals surface area contributed by atoms with Crippen molar-refractivity contribution in [3.05, 3.63) is 59.4 Å². The van der Waals surface area contributed by atoms with Gasteiger partial charge in [0.1, 0.15) is 6.07 Å². The molecule has 30 heavy (non-hydrogen) atoms. The first-order valence-corrected chi connectivity index (χ1v) is 11.8. The third-order valence-corrected chi connectivity index (χ3v) is 6.86. The Labute approximate surface area is 181 Å². The van der Waals surface area contributed by atoms with Gasteiger partial charge in [-0.2, -0.15) is 9.65 Å². The fourth-order valence-electron chi connectivity index (χ4n) is 4.96. The van der Waals surface area contributed by atoms with E-state index >= 15 is 0 Å². The number of nitriles is 1. The van der Waals surface area contributed by atoms with Crippen molar-refractivity contribution in [2.45, 2.75) is 83.2 Å². The molecule has 0 aliphatic heterocycles. The van der Waals surface area contributed by atoms with Crippen LogP contribution in [0.1, 0.15) is 81.8 Å². The van der Waals surface area contributed by atoms with E-state index in [9.17, 15) is 4.39 Å². The van der Waals surface area contributed by atoms with Gasteiger partial charge in [0.15, 0.2) is 5.83 Å². The number of aryl methyl sites for hydroxylation is 1. The maximum Gasteiger partial charge on any atom is 0.199 e. The summed E-state index contributed by atoms with van der Waals surface area (Å²) < 4.78 is 19.1. The van der Waals surface area contributed by atoms with Crippen LogP contribution in [0.15, 0.2) is 48.3 Å². The van der Waals surface area contributed by atoms with Gasteiger partial charge in [0.05, 0.1) is 6.10 Å². The highest BCUT2D eigenvalue weighted by atomic mass is 19.1. The fourth-order valence-corrected chi connectivity index (χ4v) is 4.96. The Morgan fingerprint density at radius 3 is 2.40 bits per heavy atom. The van der Waals surface area contributed by atoms with Crippen LogP contribution in [-0.4, -0.2) is 12.7 Å². The van der Waals surface area contributed by atoms with E-state index < -0.39 is 5.83 Å². The maximum absolute atomic E-state index is 12.8. The van der Waals surface area contributed by atoms with Gasteiger partial charge in [0, 0.05) is 6.61 Å². The lowest BCUT2D eigenvalue weighted by molar-refractivity contribution is -0.00456. The minimum Gasteiger partial charge on any atom is -0.378 e. The smallest absolute Gasteiger partial charge is 0.199 e. The summed E-state index contributed by atoms with van der Waals surface area (Å²) in [6.45, 7) is 3.14. The van der Waals surface area contributed by atoms with Crippen LogP contribution < -0.4 is 0 Å². The molecule has 0 amide bonds. The molecule has 0 saturated heterocycles. The standard InChI is InChI=1S/C27H36FNO/c1-2-4-21-7-13-24(14-8-21)25-15-9-23(10-16-25)20-30-27-17-11-22(12-18-27)5-3-6-26(28)19-29/h3,5-8,13-14,22-23,25,27H,2,4,9-12,15-18,20H2,1H3/t22-,23-,25-,27-. The van der Waals surface area contributed by atoms with Crippen molar-refractivity contribution in [3.63, 3.8) is 0 Å². The van der Waals surface area contributed by atoms with E-state index in [0.29, 0.717) is 17.9 Å². The molecule has 162 valence electrons. The van der Waals surface area contributed by atoms with Crippen LogP contribution in [0.3, 0.4) is 0 Å². The third kappa shape index (κ3) is 7.10. The van der Waals surface area contributed by atoms with Crippen molar-refractivity contribution in [1.29, 1.82) is 5.26 Å². The highest BCUT2D eigenvalue weighted by molar-refractivity contribution is 5.26. The lowest BCUT2D eigenvalue weighted by Gasteiger charge is -2.32. The zero-order valence-corrected chi connectivity index (χ0v) is 18.4. The third-order valence-electron chi connectivity index (χ3n) is 6.86. The number of rotatable bonds is 8. The second-order valence-corrected chi connectivity index (χ2v) is 9.09. The fraction of sp³-hybridized carbons (Fsp3) is 0.593. The second kappa shape index (κ2) is 12.1. The number of allylic oxidation sites excluding steroid dienone is 4. The monoisotopic (exact) mass is 409 g/mol. The molecule has 1 aromatic carbocycles. The van der Waals surface area contributed by atoms with E-state index in [0.717, 1.165) is 38.2 Å². The molecule has 0 bridgehead atoms. The van der Waals surface area contributed by atoms with Gasteiger partial charge < -0.3 is 4.74 Å². The van der Waals surface area contributed by atoms with Gasteiger partial charge in [-0.3, -0.25) is 0 Å². The molecule has 2 aliphatic rings. The summed E-state index contributed by atoms with van der Waals surface area (Å²) in [7, 11) is 0. The minimum absolute atomic E-state index is 0.380. The van der Waals surface area contributed by atoms with Gasteiger partial charge in [-0.05, 0) is 92.7 Å². The Hall–Kier alpha value is -1.92. The molecule has 1 aromatic rings. The van der Waals surface area contributed by atoms with Gasteiger partial charge in [0.25, 0.3) is 0 Å². The quantitative estimate of drug-likeness (QED) is 0.330.